The number of pyridine rings is 2. The number of nitrogens with one attached hydrogen (secondary N) is 1. The van der Waals surface area contributed by atoms with Crippen molar-refractivity contribution in [2.75, 3.05) is 11.9 Å². The van der Waals surface area contributed by atoms with Crippen LogP contribution >= 0.6 is 11.6 Å². The van der Waals surface area contributed by atoms with Gasteiger partial charge in [-0.3, -0.25) is 9.38 Å². The van der Waals surface area contributed by atoms with E-state index in [4.69, 9.17) is 11.6 Å². The second kappa shape index (κ2) is 5.24. The molecule has 0 unspecified atom stereocenters. The quantitative estimate of drug-likeness (QED) is 0.793. The lowest BCUT2D eigenvalue weighted by atomic mass is 10.3. The van der Waals surface area contributed by atoms with E-state index >= 15 is 0 Å². The molecule has 3 aromatic heterocycles. The number of rotatable bonds is 4. The summed E-state index contributed by atoms with van der Waals surface area (Å²) in [6, 6.07) is 7.70. The summed E-state index contributed by atoms with van der Waals surface area (Å²) in [6.45, 7) is 0.736. The highest BCUT2D eigenvalue weighted by Gasteiger charge is 2.04. The normalized spacial score (nSPS) is 10.8. The molecule has 0 spiro atoms. The largest absolute Gasteiger partial charge is 0.383 e. The molecule has 0 amide bonds. The Bertz CT molecular complexity index is 694. The molecular weight excluding hydrogens is 262 g/mol. The van der Waals surface area contributed by atoms with E-state index in [1.807, 2.05) is 34.9 Å². The molecular formula is C13H12ClN5. The summed E-state index contributed by atoms with van der Waals surface area (Å²) in [6.07, 6.45) is 6.06. The molecule has 0 atom stereocenters. The SMILES string of the molecule is Clc1cnccc1NCCc1nnc2ccccn12. The molecule has 6 heteroatoms. The molecule has 96 valence electrons. The van der Waals surface area contributed by atoms with Gasteiger partial charge >= 0.3 is 0 Å². The fourth-order valence-electron chi connectivity index (χ4n) is 1.89. The first-order valence-electron chi connectivity index (χ1n) is 5.96. The predicted molar refractivity (Wildman–Crippen MR) is 74.4 cm³/mol. The lowest BCUT2D eigenvalue weighted by molar-refractivity contribution is 0.871. The van der Waals surface area contributed by atoms with Crippen LogP contribution in [-0.4, -0.2) is 26.1 Å². The number of hydrogen-bond acceptors (Lipinski definition) is 4. The molecule has 3 aromatic rings. The van der Waals surface area contributed by atoms with E-state index in [-0.39, 0.29) is 0 Å². The predicted octanol–water partition coefficient (Wildman–Crippen LogP) is 2.43. The number of halogens is 1. The van der Waals surface area contributed by atoms with Crippen molar-refractivity contribution >= 4 is 22.9 Å². The zero-order chi connectivity index (χ0) is 13.1. The lowest BCUT2D eigenvalue weighted by Crippen LogP contribution is -2.08. The lowest BCUT2D eigenvalue weighted by Gasteiger charge is -2.06. The van der Waals surface area contributed by atoms with Crippen LogP contribution in [0.2, 0.25) is 5.02 Å². The molecule has 0 saturated heterocycles. The maximum Gasteiger partial charge on any atom is 0.160 e. The number of fused-ring (bicyclic) bond motifs is 1. The number of aromatic nitrogens is 4. The van der Waals surface area contributed by atoms with E-state index in [2.05, 4.69) is 20.5 Å². The standard InChI is InChI=1S/C13H12ClN5/c14-10-9-15-6-4-11(10)16-7-5-13-18-17-12-3-1-2-8-19(12)13/h1-4,6,8-9H,5,7H2,(H,15,16). The Kier molecular flexibility index (Phi) is 3.29. The van der Waals surface area contributed by atoms with Crippen LogP contribution in [0.5, 0.6) is 0 Å². The van der Waals surface area contributed by atoms with E-state index in [0.717, 1.165) is 30.1 Å². The highest BCUT2D eigenvalue weighted by Crippen LogP contribution is 2.18. The number of nitrogens with zero attached hydrogens (tertiary/aromatic N) is 4. The van der Waals surface area contributed by atoms with Gasteiger partial charge in [-0.25, -0.2) is 0 Å². The summed E-state index contributed by atoms with van der Waals surface area (Å²) < 4.78 is 1.98. The fourth-order valence-corrected chi connectivity index (χ4v) is 2.08. The minimum absolute atomic E-state index is 0.619. The van der Waals surface area contributed by atoms with Crippen molar-refractivity contribution < 1.29 is 0 Å². The van der Waals surface area contributed by atoms with Crippen LogP contribution in [0.1, 0.15) is 5.82 Å². The van der Waals surface area contributed by atoms with Crippen LogP contribution in [0, 0.1) is 0 Å². The molecule has 3 heterocycles. The molecule has 1 N–H and O–H groups in total. The zero-order valence-corrected chi connectivity index (χ0v) is 10.9. The van der Waals surface area contributed by atoms with Gasteiger partial charge in [-0.15, -0.1) is 10.2 Å². The highest BCUT2D eigenvalue weighted by atomic mass is 35.5. The second-order valence-corrected chi connectivity index (χ2v) is 4.48. The van der Waals surface area contributed by atoms with Gasteiger partial charge in [0.2, 0.25) is 0 Å². The Hall–Kier alpha value is -2.14. The zero-order valence-electron chi connectivity index (χ0n) is 10.1. The van der Waals surface area contributed by atoms with E-state index in [0.29, 0.717) is 5.02 Å². The van der Waals surface area contributed by atoms with Crippen LogP contribution in [0.4, 0.5) is 5.69 Å². The van der Waals surface area contributed by atoms with Crippen molar-refractivity contribution in [2.24, 2.45) is 0 Å². The molecule has 0 fully saturated rings. The highest BCUT2D eigenvalue weighted by molar-refractivity contribution is 6.33. The molecule has 0 saturated carbocycles. The third-order valence-corrected chi connectivity index (χ3v) is 3.12. The summed E-state index contributed by atoms with van der Waals surface area (Å²) in [7, 11) is 0. The van der Waals surface area contributed by atoms with Gasteiger partial charge in [0.05, 0.1) is 10.7 Å². The van der Waals surface area contributed by atoms with Crippen LogP contribution in [-0.2, 0) is 6.42 Å². The Morgan fingerprint density at radius 3 is 3.05 bits per heavy atom. The first-order valence-corrected chi connectivity index (χ1v) is 6.34. The van der Waals surface area contributed by atoms with Crippen molar-refractivity contribution in [1.82, 2.24) is 19.6 Å². The number of anilines is 1. The van der Waals surface area contributed by atoms with E-state index in [9.17, 15) is 0 Å². The average Bonchev–Trinajstić information content (AvgIpc) is 2.85. The maximum atomic E-state index is 6.02. The number of hydrogen-bond donors (Lipinski definition) is 1. The maximum absolute atomic E-state index is 6.02. The van der Waals surface area contributed by atoms with Crippen molar-refractivity contribution in [3.8, 4) is 0 Å². The third kappa shape index (κ3) is 2.51. The second-order valence-electron chi connectivity index (χ2n) is 4.08. The molecule has 0 aliphatic heterocycles. The van der Waals surface area contributed by atoms with Gasteiger partial charge in [-0.2, -0.15) is 0 Å². The third-order valence-electron chi connectivity index (χ3n) is 2.82. The smallest absolute Gasteiger partial charge is 0.160 e. The van der Waals surface area contributed by atoms with Crippen molar-refractivity contribution in [1.29, 1.82) is 0 Å². The van der Waals surface area contributed by atoms with Gasteiger partial charge < -0.3 is 5.32 Å². The minimum Gasteiger partial charge on any atom is -0.383 e. The summed E-state index contributed by atoms with van der Waals surface area (Å²) in [5.41, 5.74) is 1.74. The first kappa shape index (κ1) is 11.9. The van der Waals surface area contributed by atoms with E-state index < -0.39 is 0 Å². The van der Waals surface area contributed by atoms with Gasteiger partial charge in [0.15, 0.2) is 5.65 Å². The summed E-state index contributed by atoms with van der Waals surface area (Å²) in [5.74, 6) is 0.924. The fraction of sp³-hybridized carbons (Fsp3) is 0.154. The summed E-state index contributed by atoms with van der Waals surface area (Å²) in [5, 5.41) is 12.2. The monoisotopic (exact) mass is 273 g/mol. The van der Waals surface area contributed by atoms with E-state index in [1.54, 1.807) is 12.4 Å². The van der Waals surface area contributed by atoms with Crippen LogP contribution in [0.3, 0.4) is 0 Å². The molecule has 0 bridgehead atoms. The molecule has 19 heavy (non-hydrogen) atoms. The Morgan fingerprint density at radius 2 is 2.16 bits per heavy atom. The Balaban J connectivity index is 1.68. The summed E-state index contributed by atoms with van der Waals surface area (Å²) in [4.78, 5) is 3.95. The topological polar surface area (TPSA) is 55.1 Å². The Labute approximate surface area is 115 Å². The van der Waals surface area contributed by atoms with E-state index in [1.165, 1.54) is 0 Å². The average molecular weight is 274 g/mol. The summed E-state index contributed by atoms with van der Waals surface area (Å²) >= 11 is 6.02. The van der Waals surface area contributed by atoms with Crippen molar-refractivity contribution in [3.05, 3.63) is 53.7 Å². The van der Waals surface area contributed by atoms with Gasteiger partial charge in [0, 0.05) is 31.6 Å². The molecule has 0 radical (unpaired) electrons. The molecule has 3 rings (SSSR count). The van der Waals surface area contributed by atoms with Gasteiger partial charge in [-0.05, 0) is 18.2 Å². The van der Waals surface area contributed by atoms with Crippen molar-refractivity contribution in [2.45, 2.75) is 6.42 Å². The first-order chi connectivity index (χ1) is 9.34. The van der Waals surface area contributed by atoms with Gasteiger partial charge in [-0.1, -0.05) is 17.7 Å². The van der Waals surface area contributed by atoms with Gasteiger partial charge in [0.25, 0.3) is 0 Å². The van der Waals surface area contributed by atoms with Crippen molar-refractivity contribution in [3.63, 3.8) is 0 Å². The Morgan fingerprint density at radius 1 is 1.21 bits per heavy atom. The van der Waals surface area contributed by atoms with Gasteiger partial charge in [0.1, 0.15) is 5.82 Å². The molecule has 0 aromatic carbocycles. The molecule has 5 nitrogen and oxygen atoms in total. The van der Waals surface area contributed by atoms with Crippen LogP contribution < -0.4 is 5.32 Å². The van der Waals surface area contributed by atoms with Crippen LogP contribution in [0.15, 0.2) is 42.9 Å². The molecule has 0 aliphatic carbocycles. The molecule has 0 aliphatic rings. The minimum atomic E-state index is 0.619. The van der Waals surface area contributed by atoms with Crippen LogP contribution in [0.25, 0.3) is 5.65 Å².